The van der Waals surface area contributed by atoms with Crippen LogP contribution in [0.3, 0.4) is 0 Å². The lowest BCUT2D eigenvalue weighted by Gasteiger charge is -2.23. The van der Waals surface area contributed by atoms with Gasteiger partial charge in [0.1, 0.15) is 0 Å². The number of carbonyl (C=O) groups excluding carboxylic acids is 1. The molecule has 1 aliphatic carbocycles. The molecule has 1 fully saturated rings. The van der Waals surface area contributed by atoms with Crippen molar-refractivity contribution in [1.82, 2.24) is 10.6 Å². The second kappa shape index (κ2) is 5.17. The van der Waals surface area contributed by atoms with Crippen molar-refractivity contribution >= 4 is 5.91 Å². The minimum atomic E-state index is -0.139. The summed E-state index contributed by atoms with van der Waals surface area (Å²) in [5.74, 6) is 0.907. The predicted molar refractivity (Wildman–Crippen MR) is 67.3 cm³/mol. The van der Waals surface area contributed by atoms with E-state index < -0.39 is 0 Å². The standard InChI is InChI=1S/C13H26N2O/c1-6-7-10-8-11(10)14-9(2)12(16)15-13(3,4)5/h9-11,14H,6-8H2,1-5H3,(H,15,16). The van der Waals surface area contributed by atoms with Crippen molar-refractivity contribution in [3.63, 3.8) is 0 Å². The van der Waals surface area contributed by atoms with Gasteiger partial charge in [-0.1, -0.05) is 13.3 Å². The normalized spacial score (nSPS) is 26.3. The van der Waals surface area contributed by atoms with Crippen LogP contribution in [0, 0.1) is 5.92 Å². The molecule has 1 rings (SSSR count). The van der Waals surface area contributed by atoms with E-state index in [1.165, 1.54) is 19.3 Å². The topological polar surface area (TPSA) is 41.1 Å². The number of hydrogen-bond acceptors (Lipinski definition) is 2. The van der Waals surface area contributed by atoms with Gasteiger partial charge < -0.3 is 10.6 Å². The fraction of sp³-hybridized carbons (Fsp3) is 0.923. The Morgan fingerprint density at radius 1 is 1.44 bits per heavy atom. The maximum absolute atomic E-state index is 11.8. The van der Waals surface area contributed by atoms with Crippen molar-refractivity contribution in [3.8, 4) is 0 Å². The number of carbonyl (C=O) groups is 1. The Labute approximate surface area is 99.4 Å². The summed E-state index contributed by atoms with van der Waals surface area (Å²) >= 11 is 0. The number of nitrogens with one attached hydrogen (secondary N) is 2. The van der Waals surface area contributed by atoms with E-state index in [-0.39, 0.29) is 17.5 Å². The van der Waals surface area contributed by atoms with Gasteiger partial charge in [0.2, 0.25) is 5.91 Å². The van der Waals surface area contributed by atoms with Crippen molar-refractivity contribution in [2.75, 3.05) is 0 Å². The molecule has 3 nitrogen and oxygen atoms in total. The molecule has 0 spiro atoms. The third-order valence-corrected chi connectivity index (χ3v) is 2.94. The molecular weight excluding hydrogens is 200 g/mol. The van der Waals surface area contributed by atoms with Gasteiger partial charge in [0.25, 0.3) is 0 Å². The maximum atomic E-state index is 11.8. The number of amides is 1. The third kappa shape index (κ3) is 4.52. The van der Waals surface area contributed by atoms with E-state index in [9.17, 15) is 4.79 Å². The Kier molecular flexibility index (Phi) is 4.36. The molecule has 0 bridgehead atoms. The molecule has 3 atom stereocenters. The highest BCUT2D eigenvalue weighted by atomic mass is 16.2. The maximum Gasteiger partial charge on any atom is 0.237 e. The SMILES string of the molecule is CCCC1CC1NC(C)C(=O)NC(C)(C)C. The quantitative estimate of drug-likeness (QED) is 0.753. The van der Waals surface area contributed by atoms with E-state index in [0.717, 1.165) is 5.92 Å². The van der Waals surface area contributed by atoms with Crippen LogP contribution in [0.4, 0.5) is 0 Å². The first-order valence-corrected chi connectivity index (χ1v) is 6.41. The van der Waals surface area contributed by atoms with Crippen LogP contribution >= 0.6 is 0 Å². The first-order chi connectivity index (χ1) is 7.33. The van der Waals surface area contributed by atoms with Gasteiger partial charge in [-0.2, -0.15) is 0 Å². The summed E-state index contributed by atoms with van der Waals surface area (Å²) < 4.78 is 0. The van der Waals surface area contributed by atoms with Crippen LogP contribution in [0.2, 0.25) is 0 Å². The molecule has 1 aliphatic rings. The van der Waals surface area contributed by atoms with Crippen molar-refractivity contribution in [2.24, 2.45) is 5.92 Å². The van der Waals surface area contributed by atoms with E-state index in [1.807, 2.05) is 27.7 Å². The summed E-state index contributed by atoms with van der Waals surface area (Å²) in [5.41, 5.74) is -0.139. The largest absolute Gasteiger partial charge is 0.350 e. The van der Waals surface area contributed by atoms with Gasteiger partial charge in [0, 0.05) is 11.6 Å². The van der Waals surface area contributed by atoms with Gasteiger partial charge in [-0.25, -0.2) is 0 Å². The molecule has 0 radical (unpaired) electrons. The molecule has 0 saturated heterocycles. The molecule has 0 heterocycles. The van der Waals surface area contributed by atoms with Gasteiger partial charge in [-0.05, 0) is 46.5 Å². The Hall–Kier alpha value is -0.570. The molecule has 0 aliphatic heterocycles. The zero-order valence-corrected chi connectivity index (χ0v) is 11.3. The van der Waals surface area contributed by atoms with E-state index in [2.05, 4.69) is 17.6 Å². The average molecular weight is 226 g/mol. The monoisotopic (exact) mass is 226 g/mol. The van der Waals surface area contributed by atoms with Gasteiger partial charge in [-0.3, -0.25) is 4.79 Å². The second-order valence-electron chi connectivity index (χ2n) is 6.02. The Morgan fingerprint density at radius 3 is 2.56 bits per heavy atom. The molecule has 0 aromatic heterocycles. The van der Waals surface area contributed by atoms with Crippen molar-refractivity contribution in [3.05, 3.63) is 0 Å². The van der Waals surface area contributed by atoms with Crippen LogP contribution in [0.25, 0.3) is 0 Å². The molecule has 0 aromatic rings. The van der Waals surface area contributed by atoms with E-state index >= 15 is 0 Å². The molecule has 3 heteroatoms. The minimum Gasteiger partial charge on any atom is -0.350 e. The highest BCUT2D eigenvalue weighted by molar-refractivity contribution is 5.82. The van der Waals surface area contributed by atoms with Crippen LogP contribution in [-0.4, -0.2) is 23.5 Å². The van der Waals surface area contributed by atoms with E-state index in [0.29, 0.717) is 6.04 Å². The molecule has 3 unspecified atom stereocenters. The van der Waals surface area contributed by atoms with E-state index in [4.69, 9.17) is 0 Å². The van der Waals surface area contributed by atoms with Crippen molar-refractivity contribution in [1.29, 1.82) is 0 Å². The smallest absolute Gasteiger partial charge is 0.237 e. The summed E-state index contributed by atoms with van der Waals surface area (Å²) in [6, 6.07) is 0.492. The molecular formula is C13H26N2O. The summed E-state index contributed by atoms with van der Waals surface area (Å²) in [4.78, 5) is 11.8. The Morgan fingerprint density at radius 2 is 2.06 bits per heavy atom. The molecule has 0 aromatic carbocycles. The molecule has 2 N–H and O–H groups in total. The molecule has 16 heavy (non-hydrogen) atoms. The van der Waals surface area contributed by atoms with Gasteiger partial charge in [0.05, 0.1) is 6.04 Å². The van der Waals surface area contributed by atoms with Crippen LogP contribution in [0.1, 0.15) is 53.9 Å². The second-order valence-corrected chi connectivity index (χ2v) is 6.02. The summed E-state index contributed by atoms with van der Waals surface area (Å²) in [5, 5.41) is 6.40. The van der Waals surface area contributed by atoms with Crippen molar-refractivity contribution < 1.29 is 4.79 Å². The first-order valence-electron chi connectivity index (χ1n) is 6.41. The van der Waals surface area contributed by atoms with Crippen LogP contribution in [0.15, 0.2) is 0 Å². The first kappa shape index (κ1) is 13.5. The molecule has 94 valence electrons. The van der Waals surface area contributed by atoms with Crippen LogP contribution in [0.5, 0.6) is 0 Å². The summed E-state index contributed by atoms with van der Waals surface area (Å²) in [6.45, 7) is 10.2. The summed E-state index contributed by atoms with van der Waals surface area (Å²) in [6.07, 6.45) is 3.76. The Balaban J connectivity index is 2.25. The number of rotatable bonds is 5. The van der Waals surface area contributed by atoms with Crippen LogP contribution < -0.4 is 10.6 Å². The van der Waals surface area contributed by atoms with Gasteiger partial charge >= 0.3 is 0 Å². The summed E-state index contributed by atoms with van der Waals surface area (Å²) in [7, 11) is 0. The highest BCUT2D eigenvalue weighted by Crippen LogP contribution is 2.34. The van der Waals surface area contributed by atoms with Gasteiger partial charge in [-0.15, -0.1) is 0 Å². The third-order valence-electron chi connectivity index (χ3n) is 2.94. The lowest BCUT2D eigenvalue weighted by Crippen LogP contribution is -2.50. The van der Waals surface area contributed by atoms with Crippen molar-refractivity contribution in [2.45, 2.75) is 71.5 Å². The van der Waals surface area contributed by atoms with Gasteiger partial charge in [0.15, 0.2) is 0 Å². The fourth-order valence-corrected chi connectivity index (χ4v) is 2.02. The zero-order chi connectivity index (χ0) is 12.3. The minimum absolute atomic E-state index is 0.0777. The van der Waals surface area contributed by atoms with Crippen LogP contribution in [-0.2, 0) is 4.79 Å². The predicted octanol–water partition coefficient (Wildman–Crippen LogP) is 2.07. The average Bonchev–Trinajstić information content (AvgIpc) is 2.81. The highest BCUT2D eigenvalue weighted by Gasteiger charge is 2.37. The molecule has 1 saturated carbocycles. The lowest BCUT2D eigenvalue weighted by atomic mass is 10.1. The zero-order valence-electron chi connectivity index (χ0n) is 11.3. The fourth-order valence-electron chi connectivity index (χ4n) is 2.02. The number of hydrogen-bond donors (Lipinski definition) is 2. The Bertz CT molecular complexity index is 245. The molecule has 1 amide bonds. The van der Waals surface area contributed by atoms with E-state index in [1.54, 1.807) is 0 Å². The lowest BCUT2D eigenvalue weighted by molar-refractivity contribution is -0.124.